The fourth-order valence-electron chi connectivity index (χ4n) is 1.98. The van der Waals surface area contributed by atoms with Gasteiger partial charge in [0.15, 0.2) is 0 Å². The Hall–Kier alpha value is -1.22. The highest BCUT2D eigenvalue weighted by atomic mass is 35.5. The first-order valence-corrected chi connectivity index (χ1v) is 5.24. The van der Waals surface area contributed by atoms with Crippen LogP contribution in [0.25, 0.3) is 0 Å². The zero-order valence-electron chi connectivity index (χ0n) is 8.33. The Balaban J connectivity index is 2.37. The molecule has 0 fully saturated rings. The van der Waals surface area contributed by atoms with Crippen molar-refractivity contribution < 1.29 is 9.90 Å². The number of hydrogen-bond donors (Lipinski definition) is 2. The molecule has 80 valence electrons. The second-order valence-corrected chi connectivity index (χ2v) is 4.23. The Morgan fingerprint density at radius 1 is 1.67 bits per heavy atom. The molecular formula is C11H12ClNO2. The predicted octanol–water partition coefficient (Wildman–Crippen LogP) is 2.57. The van der Waals surface area contributed by atoms with Gasteiger partial charge in [-0.3, -0.25) is 4.79 Å². The summed E-state index contributed by atoms with van der Waals surface area (Å²) in [6.07, 6.45) is 0. The summed E-state index contributed by atoms with van der Waals surface area (Å²) in [7, 11) is 0. The van der Waals surface area contributed by atoms with Gasteiger partial charge in [0.05, 0.1) is 16.6 Å². The average molecular weight is 226 g/mol. The molecule has 2 N–H and O–H groups in total. The fraction of sp³-hybridized carbons (Fsp3) is 0.364. The molecule has 1 heterocycles. The van der Waals surface area contributed by atoms with Crippen molar-refractivity contribution in [2.24, 2.45) is 5.92 Å². The molecular weight excluding hydrogens is 214 g/mol. The van der Waals surface area contributed by atoms with E-state index in [4.69, 9.17) is 16.7 Å². The normalized spacial score (nSPS) is 20.5. The molecule has 0 aliphatic carbocycles. The van der Waals surface area contributed by atoms with E-state index in [1.807, 2.05) is 12.1 Å². The van der Waals surface area contributed by atoms with Crippen molar-refractivity contribution in [2.75, 3.05) is 11.9 Å². The van der Waals surface area contributed by atoms with E-state index in [0.717, 1.165) is 11.3 Å². The predicted molar refractivity (Wildman–Crippen MR) is 59.5 cm³/mol. The maximum atomic E-state index is 10.9. The number of fused-ring (bicyclic) bond motifs is 1. The number of carbonyl (C=O) groups is 1. The number of anilines is 1. The van der Waals surface area contributed by atoms with Crippen molar-refractivity contribution in [3.8, 4) is 0 Å². The molecule has 0 saturated heterocycles. The van der Waals surface area contributed by atoms with Crippen LogP contribution < -0.4 is 5.32 Å². The van der Waals surface area contributed by atoms with Crippen LogP contribution >= 0.6 is 11.6 Å². The second-order valence-electron chi connectivity index (χ2n) is 3.82. The Morgan fingerprint density at radius 2 is 2.40 bits per heavy atom. The third-order valence-electron chi connectivity index (χ3n) is 2.94. The van der Waals surface area contributed by atoms with Gasteiger partial charge in [0, 0.05) is 12.5 Å². The van der Waals surface area contributed by atoms with Gasteiger partial charge >= 0.3 is 5.97 Å². The Labute approximate surface area is 93.1 Å². The van der Waals surface area contributed by atoms with E-state index >= 15 is 0 Å². The van der Waals surface area contributed by atoms with E-state index in [2.05, 4.69) is 5.32 Å². The zero-order valence-corrected chi connectivity index (χ0v) is 9.08. The largest absolute Gasteiger partial charge is 0.481 e. The molecule has 3 nitrogen and oxygen atoms in total. The quantitative estimate of drug-likeness (QED) is 0.814. The SMILES string of the molecule is CC(C(=O)O)C1CNc2c(Cl)cccc21. The number of carboxylic acid groups (broad SMARTS) is 1. The minimum absolute atomic E-state index is 0.0104. The number of para-hydroxylation sites is 1. The number of benzene rings is 1. The summed E-state index contributed by atoms with van der Waals surface area (Å²) in [4.78, 5) is 10.9. The van der Waals surface area contributed by atoms with Crippen LogP contribution in [0.5, 0.6) is 0 Å². The van der Waals surface area contributed by atoms with Gasteiger partial charge in [-0.05, 0) is 11.6 Å². The molecule has 1 aliphatic heterocycles. The summed E-state index contributed by atoms with van der Waals surface area (Å²) in [6, 6.07) is 5.60. The smallest absolute Gasteiger partial charge is 0.306 e. The third kappa shape index (κ3) is 1.67. The van der Waals surface area contributed by atoms with Crippen molar-refractivity contribution in [1.29, 1.82) is 0 Å². The summed E-state index contributed by atoms with van der Waals surface area (Å²) < 4.78 is 0. The highest BCUT2D eigenvalue weighted by Gasteiger charge is 2.31. The van der Waals surface area contributed by atoms with Crippen molar-refractivity contribution >= 4 is 23.3 Å². The minimum Gasteiger partial charge on any atom is -0.481 e. The highest BCUT2D eigenvalue weighted by Crippen LogP contribution is 2.40. The molecule has 2 unspecified atom stereocenters. The number of hydrogen-bond acceptors (Lipinski definition) is 2. The molecule has 0 amide bonds. The monoisotopic (exact) mass is 225 g/mol. The van der Waals surface area contributed by atoms with E-state index in [1.165, 1.54) is 0 Å². The first kappa shape index (κ1) is 10.3. The lowest BCUT2D eigenvalue weighted by Crippen LogP contribution is -2.20. The maximum absolute atomic E-state index is 10.9. The molecule has 1 aliphatic rings. The van der Waals surface area contributed by atoms with Crippen LogP contribution in [0.1, 0.15) is 18.4 Å². The summed E-state index contributed by atoms with van der Waals surface area (Å²) in [6.45, 7) is 2.37. The first-order valence-electron chi connectivity index (χ1n) is 4.86. The lowest BCUT2D eigenvalue weighted by atomic mass is 9.89. The van der Waals surface area contributed by atoms with Gasteiger partial charge < -0.3 is 10.4 Å². The van der Waals surface area contributed by atoms with E-state index in [-0.39, 0.29) is 5.92 Å². The van der Waals surface area contributed by atoms with Gasteiger partial charge in [-0.25, -0.2) is 0 Å². The van der Waals surface area contributed by atoms with Gasteiger partial charge in [-0.1, -0.05) is 30.7 Å². The standard InChI is InChI=1S/C11H12ClNO2/c1-6(11(14)15)8-5-13-10-7(8)3-2-4-9(10)12/h2-4,6,8,13H,5H2,1H3,(H,14,15). The zero-order chi connectivity index (χ0) is 11.0. The second kappa shape index (κ2) is 3.74. The Bertz CT molecular complexity index is 406. The lowest BCUT2D eigenvalue weighted by molar-refractivity contribution is -0.141. The number of nitrogens with one attached hydrogen (secondary N) is 1. The summed E-state index contributed by atoms with van der Waals surface area (Å²) >= 11 is 6.01. The van der Waals surface area contributed by atoms with Gasteiger partial charge in [0.2, 0.25) is 0 Å². The number of rotatable bonds is 2. The molecule has 0 saturated carbocycles. The molecule has 0 aromatic heterocycles. The average Bonchev–Trinajstić information content (AvgIpc) is 2.61. The Kier molecular flexibility index (Phi) is 2.57. The van der Waals surface area contributed by atoms with Crippen LogP contribution in [0.3, 0.4) is 0 Å². The van der Waals surface area contributed by atoms with E-state index in [0.29, 0.717) is 11.6 Å². The van der Waals surface area contributed by atoms with Crippen LogP contribution in [0, 0.1) is 5.92 Å². The molecule has 4 heteroatoms. The molecule has 1 aromatic carbocycles. The summed E-state index contributed by atoms with van der Waals surface area (Å²) in [5, 5.41) is 12.8. The van der Waals surface area contributed by atoms with Gasteiger partial charge in [0.1, 0.15) is 0 Å². The van der Waals surface area contributed by atoms with Crippen LogP contribution in [-0.2, 0) is 4.79 Å². The van der Waals surface area contributed by atoms with E-state index < -0.39 is 11.9 Å². The Morgan fingerprint density at radius 3 is 3.07 bits per heavy atom. The van der Waals surface area contributed by atoms with Gasteiger partial charge in [0.25, 0.3) is 0 Å². The van der Waals surface area contributed by atoms with Gasteiger partial charge in [-0.15, -0.1) is 0 Å². The van der Waals surface area contributed by atoms with Crippen LogP contribution in [0.15, 0.2) is 18.2 Å². The number of carboxylic acids is 1. The lowest BCUT2D eigenvalue weighted by Gasteiger charge is -2.14. The molecule has 2 rings (SSSR count). The first-order chi connectivity index (χ1) is 7.11. The number of aliphatic carboxylic acids is 1. The molecule has 0 bridgehead atoms. The van der Waals surface area contributed by atoms with Crippen molar-refractivity contribution in [3.63, 3.8) is 0 Å². The third-order valence-corrected chi connectivity index (χ3v) is 3.25. The van der Waals surface area contributed by atoms with E-state index in [9.17, 15) is 4.79 Å². The maximum Gasteiger partial charge on any atom is 0.306 e. The molecule has 1 aromatic rings. The molecule has 0 spiro atoms. The van der Waals surface area contributed by atoms with Crippen molar-refractivity contribution in [1.82, 2.24) is 0 Å². The number of halogens is 1. The molecule has 15 heavy (non-hydrogen) atoms. The van der Waals surface area contributed by atoms with Crippen LogP contribution in [0.2, 0.25) is 5.02 Å². The summed E-state index contributed by atoms with van der Waals surface area (Å²) in [5.41, 5.74) is 1.90. The minimum atomic E-state index is -0.769. The van der Waals surface area contributed by atoms with Gasteiger partial charge in [-0.2, -0.15) is 0 Å². The van der Waals surface area contributed by atoms with Crippen molar-refractivity contribution in [3.05, 3.63) is 28.8 Å². The topological polar surface area (TPSA) is 49.3 Å². The molecule has 2 atom stereocenters. The van der Waals surface area contributed by atoms with Crippen molar-refractivity contribution in [2.45, 2.75) is 12.8 Å². The van der Waals surface area contributed by atoms with E-state index in [1.54, 1.807) is 13.0 Å². The summed E-state index contributed by atoms with van der Waals surface area (Å²) in [5.74, 6) is -1.15. The van der Waals surface area contributed by atoms with Crippen LogP contribution in [0.4, 0.5) is 5.69 Å². The molecule has 0 radical (unpaired) electrons. The van der Waals surface area contributed by atoms with Crippen LogP contribution in [-0.4, -0.2) is 17.6 Å². The fourth-order valence-corrected chi connectivity index (χ4v) is 2.23. The highest BCUT2D eigenvalue weighted by molar-refractivity contribution is 6.33.